The number of hydrogen-bond donors (Lipinski definition) is 1. The van der Waals surface area contributed by atoms with Crippen LogP contribution in [-0.4, -0.2) is 52.0 Å². The lowest BCUT2D eigenvalue weighted by Crippen LogP contribution is -2.40. The van der Waals surface area contributed by atoms with Crippen LogP contribution in [0.4, 0.5) is 5.69 Å². The van der Waals surface area contributed by atoms with E-state index in [4.69, 9.17) is 9.47 Å². The van der Waals surface area contributed by atoms with Gasteiger partial charge in [-0.3, -0.25) is 4.79 Å². The summed E-state index contributed by atoms with van der Waals surface area (Å²) in [6.07, 6.45) is 4.35. The largest absolute Gasteiger partial charge is 0.495 e. The summed E-state index contributed by atoms with van der Waals surface area (Å²) in [5.74, 6) is 0.855. The Hall–Kier alpha value is -1.94. The molecule has 0 radical (unpaired) electrons. The van der Waals surface area contributed by atoms with E-state index in [1.165, 1.54) is 51.7 Å². The fraction of sp³-hybridized carbons (Fsp3) is 0.500. The van der Waals surface area contributed by atoms with E-state index in [-0.39, 0.29) is 10.8 Å². The van der Waals surface area contributed by atoms with Crippen LogP contribution in [0.1, 0.15) is 39.9 Å². The number of rotatable bonds is 6. The standard InChI is InChI=1S/C22H28N2O5S2/c1-3-15-4-7-20-16(12-15)13-21(30-20)22(25)23-18-14-17(5-6-19(18)28-2)31(26,27)24-8-10-29-11-9-24/h5-6,13-15H,3-4,7-12H2,1-2H3,(H,23,25)/t15-/m0/s1. The van der Waals surface area contributed by atoms with E-state index in [1.807, 2.05) is 6.07 Å². The van der Waals surface area contributed by atoms with Crippen molar-refractivity contribution >= 4 is 33.0 Å². The van der Waals surface area contributed by atoms with Gasteiger partial charge in [0.1, 0.15) is 5.75 Å². The molecule has 0 spiro atoms. The maximum absolute atomic E-state index is 13.0. The minimum Gasteiger partial charge on any atom is -0.495 e. The molecule has 0 unspecified atom stereocenters. The van der Waals surface area contributed by atoms with Crippen molar-refractivity contribution in [3.05, 3.63) is 39.6 Å². The average Bonchev–Trinajstić information content (AvgIpc) is 3.23. The van der Waals surface area contributed by atoms with Gasteiger partial charge in [0.2, 0.25) is 10.0 Å². The highest BCUT2D eigenvalue weighted by atomic mass is 32.2. The van der Waals surface area contributed by atoms with Crippen molar-refractivity contribution in [2.24, 2.45) is 5.92 Å². The second-order valence-corrected chi connectivity index (χ2v) is 11.0. The molecule has 1 aromatic heterocycles. The summed E-state index contributed by atoms with van der Waals surface area (Å²) in [4.78, 5) is 15.0. The van der Waals surface area contributed by atoms with E-state index in [9.17, 15) is 13.2 Å². The van der Waals surface area contributed by atoms with Crippen LogP contribution in [0.5, 0.6) is 5.75 Å². The Morgan fingerprint density at radius 1 is 1.29 bits per heavy atom. The predicted molar refractivity (Wildman–Crippen MR) is 121 cm³/mol. The summed E-state index contributed by atoms with van der Waals surface area (Å²) in [7, 11) is -2.18. The number of aryl methyl sites for hydroxylation is 1. The summed E-state index contributed by atoms with van der Waals surface area (Å²) < 4.78 is 38.0. The first kappa shape index (κ1) is 22.3. The van der Waals surface area contributed by atoms with Gasteiger partial charge in [-0.1, -0.05) is 13.3 Å². The van der Waals surface area contributed by atoms with E-state index in [2.05, 4.69) is 12.2 Å². The van der Waals surface area contributed by atoms with Crippen LogP contribution in [0.2, 0.25) is 0 Å². The third kappa shape index (κ3) is 4.64. The number of thiophene rings is 1. The van der Waals surface area contributed by atoms with Crippen molar-refractivity contribution in [1.29, 1.82) is 0 Å². The average molecular weight is 465 g/mol. The first-order valence-corrected chi connectivity index (χ1v) is 12.9. The van der Waals surface area contributed by atoms with Crippen molar-refractivity contribution in [1.82, 2.24) is 4.31 Å². The van der Waals surface area contributed by atoms with Crippen LogP contribution in [0.25, 0.3) is 0 Å². The number of methoxy groups -OCH3 is 1. The van der Waals surface area contributed by atoms with E-state index < -0.39 is 10.0 Å². The summed E-state index contributed by atoms with van der Waals surface area (Å²) in [6, 6.07) is 6.54. The van der Waals surface area contributed by atoms with Gasteiger partial charge < -0.3 is 14.8 Å². The lowest BCUT2D eigenvalue weighted by molar-refractivity contribution is 0.0730. The van der Waals surface area contributed by atoms with Crippen molar-refractivity contribution in [3.8, 4) is 5.75 Å². The molecular formula is C22H28N2O5S2. The second kappa shape index (κ2) is 9.28. The van der Waals surface area contributed by atoms with Crippen LogP contribution in [0, 0.1) is 5.92 Å². The molecule has 0 saturated carbocycles. The molecule has 2 aromatic rings. The molecule has 1 N–H and O–H groups in total. The third-order valence-electron chi connectivity index (χ3n) is 6.01. The molecule has 0 bridgehead atoms. The van der Waals surface area contributed by atoms with Gasteiger partial charge in [-0.2, -0.15) is 4.31 Å². The van der Waals surface area contributed by atoms with Gasteiger partial charge in [-0.15, -0.1) is 11.3 Å². The molecule has 31 heavy (non-hydrogen) atoms. The Balaban J connectivity index is 1.57. The molecule has 4 rings (SSSR count). The number of fused-ring (bicyclic) bond motifs is 1. The molecule has 1 atom stereocenters. The summed E-state index contributed by atoms with van der Waals surface area (Å²) >= 11 is 1.53. The number of carbonyl (C=O) groups excluding carboxylic acids is 1. The number of nitrogens with zero attached hydrogens (tertiary/aromatic N) is 1. The zero-order chi connectivity index (χ0) is 22.0. The number of morpholine rings is 1. The molecular weight excluding hydrogens is 436 g/mol. The Kier molecular flexibility index (Phi) is 6.66. The maximum atomic E-state index is 13.0. The molecule has 1 fully saturated rings. The van der Waals surface area contributed by atoms with Crippen LogP contribution >= 0.6 is 11.3 Å². The van der Waals surface area contributed by atoms with Gasteiger partial charge >= 0.3 is 0 Å². The number of carbonyl (C=O) groups is 1. The number of sulfonamides is 1. The molecule has 7 nitrogen and oxygen atoms in total. The van der Waals surface area contributed by atoms with Crippen molar-refractivity contribution in [2.45, 2.75) is 37.5 Å². The maximum Gasteiger partial charge on any atom is 0.265 e. The molecule has 168 valence electrons. The van der Waals surface area contributed by atoms with Crippen molar-refractivity contribution < 1.29 is 22.7 Å². The number of hydrogen-bond acceptors (Lipinski definition) is 6. The Morgan fingerprint density at radius 2 is 2.06 bits per heavy atom. The highest BCUT2D eigenvalue weighted by molar-refractivity contribution is 7.89. The quantitative estimate of drug-likeness (QED) is 0.707. The van der Waals surface area contributed by atoms with Gasteiger partial charge in [0, 0.05) is 18.0 Å². The van der Waals surface area contributed by atoms with Crippen LogP contribution in [0.3, 0.4) is 0 Å². The fourth-order valence-electron chi connectivity index (χ4n) is 4.12. The SMILES string of the molecule is CC[C@H]1CCc2sc(C(=O)Nc3cc(S(=O)(=O)N4CCOCC4)ccc3OC)cc2C1. The van der Waals surface area contributed by atoms with E-state index >= 15 is 0 Å². The fourth-order valence-corrected chi connectivity index (χ4v) is 6.66. The number of amides is 1. The lowest BCUT2D eigenvalue weighted by atomic mass is 9.87. The molecule has 2 aliphatic rings. The van der Waals surface area contributed by atoms with Crippen LogP contribution in [0.15, 0.2) is 29.2 Å². The van der Waals surface area contributed by atoms with Gasteiger partial charge in [-0.05, 0) is 55.0 Å². The first-order chi connectivity index (χ1) is 14.9. The van der Waals surface area contributed by atoms with Gasteiger partial charge in [-0.25, -0.2) is 8.42 Å². The van der Waals surface area contributed by atoms with E-state index in [0.29, 0.717) is 48.5 Å². The molecule has 1 saturated heterocycles. The van der Waals surface area contributed by atoms with Crippen molar-refractivity contribution in [3.63, 3.8) is 0 Å². The Labute approximate surface area is 187 Å². The molecule has 1 amide bonds. The number of ether oxygens (including phenoxy) is 2. The molecule has 2 heterocycles. The minimum absolute atomic E-state index is 0.127. The Bertz CT molecular complexity index is 1060. The molecule has 1 aliphatic carbocycles. The van der Waals surface area contributed by atoms with Crippen LogP contribution < -0.4 is 10.1 Å². The monoisotopic (exact) mass is 464 g/mol. The summed E-state index contributed by atoms with van der Waals surface area (Å²) in [6.45, 7) is 3.59. The topological polar surface area (TPSA) is 84.9 Å². The third-order valence-corrected chi connectivity index (χ3v) is 9.14. The first-order valence-electron chi connectivity index (χ1n) is 10.6. The van der Waals surface area contributed by atoms with Gasteiger partial charge in [0.05, 0.1) is 35.8 Å². The number of anilines is 1. The molecule has 1 aromatic carbocycles. The van der Waals surface area contributed by atoms with Crippen molar-refractivity contribution in [2.75, 3.05) is 38.7 Å². The number of benzene rings is 1. The van der Waals surface area contributed by atoms with E-state index in [1.54, 1.807) is 6.07 Å². The smallest absolute Gasteiger partial charge is 0.265 e. The Morgan fingerprint density at radius 3 is 2.77 bits per heavy atom. The minimum atomic E-state index is -3.67. The van der Waals surface area contributed by atoms with E-state index in [0.717, 1.165) is 19.3 Å². The normalized spacial score (nSPS) is 19.6. The van der Waals surface area contributed by atoms with Gasteiger partial charge in [0.25, 0.3) is 5.91 Å². The highest BCUT2D eigenvalue weighted by Gasteiger charge is 2.28. The lowest BCUT2D eigenvalue weighted by Gasteiger charge is -2.26. The molecule has 1 aliphatic heterocycles. The van der Waals surface area contributed by atoms with Gasteiger partial charge in [0.15, 0.2) is 0 Å². The van der Waals surface area contributed by atoms with Crippen LogP contribution in [-0.2, 0) is 27.6 Å². The summed E-state index contributed by atoms with van der Waals surface area (Å²) in [5.41, 5.74) is 1.61. The highest BCUT2D eigenvalue weighted by Crippen LogP contribution is 2.35. The molecule has 9 heteroatoms. The second-order valence-electron chi connectivity index (χ2n) is 7.91. The summed E-state index contributed by atoms with van der Waals surface area (Å²) in [5, 5.41) is 2.87. The zero-order valence-electron chi connectivity index (χ0n) is 17.8. The number of nitrogens with one attached hydrogen (secondary N) is 1. The zero-order valence-corrected chi connectivity index (χ0v) is 19.5. The predicted octanol–water partition coefficient (Wildman–Crippen LogP) is 3.54.